The molecule has 0 bridgehead atoms. The lowest BCUT2D eigenvalue weighted by Gasteiger charge is -2.28. The van der Waals surface area contributed by atoms with E-state index in [1.54, 1.807) is 31.4 Å². The van der Waals surface area contributed by atoms with Gasteiger partial charge in [-0.15, -0.1) is 0 Å². The van der Waals surface area contributed by atoms with Crippen molar-refractivity contribution in [3.63, 3.8) is 0 Å². The molecule has 7 nitrogen and oxygen atoms in total. The Labute approximate surface area is 201 Å². The van der Waals surface area contributed by atoms with E-state index in [0.717, 1.165) is 40.9 Å². The number of nitrogens with one attached hydrogen (secondary N) is 1. The molecule has 1 fully saturated rings. The third-order valence-corrected chi connectivity index (χ3v) is 6.85. The Morgan fingerprint density at radius 2 is 2.03 bits per heavy atom. The van der Waals surface area contributed by atoms with E-state index in [9.17, 15) is 14.4 Å². The first-order valence-electron chi connectivity index (χ1n) is 10.6. The summed E-state index contributed by atoms with van der Waals surface area (Å²) >= 11 is 7.02. The van der Waals surface area contributed by atoms with Gasteiger partial charge in [0.25, 0.3) is 11.1 Å². The van der Waals surface area contributed by atoms with Gasteiger partial charge in [0.05, 0.1) is 18.6 Å². The number of rotatable bonds is 7. The third-order valence-electron chi connectivity index (χ3n) is 5.59. The fraction of sp³-hybridized carbons (Fsp3) is 0.292. The highest BCUT2D eigenvalue weighted by molar-refractivity contribution is 8.18. The summed E-state index contributed by atoms with van der Waals surface area (Å²) in [5.41, 5.74) is 3.12. The topological polar surface area (TPSA) is 79.0 Å². The van der Waals surface area contributed by atoms with Crippen LogP contribution >= 0.6 is 23.4 Å². The molecule has 0 spiro atoms. The summed E-state index contributed by atoms with van der Waals surface area (Å²) in [6, 6.07) is 13.2. The Bertz CT molecular complexity index is 1120. The predicted molar refractivity (Wildman–Crippen MR) is 129 cm³/mol. The molecule has 4 rings (SSSR count). The molecule has 0 saturated carbocycles. The summed E-state index contributed by atoms with van der Waals surface area (Å²) in [7, 11) is 1.64. The van der Waals surface area contributed by atoms with Crippen molar-refractivity contribution in [3.8, 4) is 5.75 Å². The SMILES string of the molecule is COc1ccc2c(c1)CN(CC(=O)NCCN1C(=O)S/C(=C/c3ccccc3Cl)C1=O)CC2. The second-order valence-electron chi connectivity index (χ2n) is 7.80. The van der Waals surface area contributed by atoms with Gasteiger partial charge in [-0.05, 0) is 59.1 Å². The van der Waals surface area contributed by atoms with Crippen LogP contribution in [0.5, 0.6) is 5.75 Å². The zero-order valence-corrected chi connectivity index (χ0v) is 19.7. The minimum absolute atomic E-state index is 0.121. The molecule has 172 valence electrons. The number of carbonyl (C=O) groups is 3. The van der Waals surface area contributed by atoms with E-state index in [1.807, 2.05) is 18.2 Å². The summed E-state index contributed by atoms with van der Waals surface area (Å²) in [6.45, 7) is 2.05. The number of hydrogen-bond donors (Lipinski definition) is 1. The first-order valence-corrected chi connectivity index (χ1v) is 11.8. The molecular formula is C24H24ClN3O4S. The van der Waals surface area contributed by atoms with Crippen LogP contribution in [0.2, 0.25) is 5.02 Å². The molecule has 1 N–H and O–H groups in total. The zero-order valence-electron chi connectivity index (χ0n) is 18.2. The molecule has 0 unspecified atom stereocenters. The van der Waals surface area contributed by atoms with Crippen LogP contribution in [0.15, 0.2) is 47.4 Å². The molecule has 2 aromatic carbocycles. The molecule has 2 aromatic rings. The fourth-order valence-corrected chi connectivity index (χ4v) is 4.89. The van der Waals surface area contributed by atoms with E-state index in [2.05, 4.69) is 16.3 Å². The molecule has 3 amide bonds. The van der Waals surface area contributed by atoms with Gasteiger partial charge in [0.15, 0.2) is 0 Å². The molecule has 0 aromatic heterocycles. The van der Waals surface area contributed by atoms with E-state index < -0.39 is 0 Å². The van der Waals surface area contributed by atoms with Crippen LogP contribution < -0.4 is 10.1 Å². The van der Waals surface area contributed by atoms with E-state index >= 15 is 0 Å². The van der Waals surface area contributed by atoms with Gasteiger partial charge in [0.1, 0.15) is 5.75 Å². The zero-order chi connectivity index (χ0) is 23.4. The van der Waals surface area contributed by atoms with Crippen molar-refractivity contribution in [2.24, 2.45) is 0 Å². The molecule has 2 heterocycles. The van der Waals surface area contributed by atoms with Crippen LogP contribution in [-0.2, 0) is 22.6 Å². The average molecular weight is 486 g/mol. The number of ether oxygens (including phenoxy) is 1. The monoisotopic (exact) mass is 485 g/mol. The second kappa shape index (κ2) is 10.4. The summed E-state index contributed by atoms with van der Waals surface area (Å²) in [6.07, 6.45) is 2.50. The van der Waals surface area contributed by atoms with Crippen LogP contribution in [0.4, 0.5) is 4.79 Å². The maximum atomic E-state index is 12.6. The van der Waals surface area contributed by atoms with Gasteiger partial charge in [-0.25, -0.2) is 0 Å². The highest BCUT2D eigenvalue weighted by Gasteiger charge is 2.34. The van der Waals surface area contributed by atoms with Crippen molar-refractivity contribution in [3.05, 3.63) is 69.1 Å². The number of benzene rings is 2. The molecule has 9 heteroatoms. The Kier molecular flexibility index (Phi) is 7.37. The molecule has 1 saturated heterocycles. The van der Waals surface area contributed by atoms with Crippen LogP contribution in [0.1, 0.15) is 16.7 Å². The fourth-order valence-electron chi connectivity index (χ4n) is 3.85. The molecule has 2 aliphatic heterocycles. The number of carbonyl (C=O) groups excluding carboxylic acids is 3. The maximum absolute atomic E-state index is 12.6. The first kappa shape index (κ1) is 23.4. The Morgan fingerprint density at radius 3 is 2.82 bits per heavy atom. The quantitative estimate of drug-likeness (QED) is 0.604. The van der Waals surface area contributed by atoms with Crippen molar-refractivity contribution in [1.82, 2.24) is 15.1 Å². The van der Waals surface area contributed by atoms with Gasteiger partial charge in [0.2, 0.25) is 5.91 Å². The lowest BCUT2D eigenvalue weighted by molar-refractivity contribution is -0.124. The second-order valence-corrected chi connectivity index (χ2v) is 9.20. The number of methoxy groups -OCH3 is 1. The molecular weight excluding hydrogens is 462 g/mol. The normalized spacial score (nSPS) is 17.4. The summed E-state index contributed by atoms with van der Waals surface area (Å²) in [4.78, 5) is 40.9. The average Bonchev–Trinajstić information content (AvgIpc) is 3.07. The minimum atomic E-state index is -0.374. The number of thioether (sulfide) groups is 1. The van der Waals surface area contributed by atoms with E-state index in [1.165, 1.54) is 5.56 Å². The van der Waals surface area contributed by atoms with Crippen LogP contribution in [0.3, 0.4) is 0 Å². The van der Waals surface area contributed by atoms with Crippen molar-refractivity contribution >= 4 is 46.5 Å². The van der Waals surface area contributed by atoms with Gasteiger partial charge < -0.3 is 10.1 Å². The van der Waals surface area contributed by atoms with E-state index in [0.29, 0.717) is 22.0 Å². The molecule has 33 heavy (non-hydrogen) atoms. The maximum Gasteiger partial charge on any atom is 0.293 e. The van der Waals surface area contributed by atoms with Gasteiger partial charge in [-0.3, -0.25) is 24.2 Å². The number of amides is 3. The molecule has 0 aliphatic carbocycles. The van der Waals surface area contributed by atoms with Gasteiger partial charge in [-0.1, -0.05) is 35.9 Å². The Morgan fingerprint density at radius 1 is 1.21 bits per heavy atom. The lowest BCUT2D eigenvalue weighted by atomic mass is 9.99. The van der Waals surface area contributed by atoms with Crippen molar-refractivity contribution < 1.29 is 19.1 Å². The highest BCUT2D eigenvalue weighted by Crippen LogP contribution is 2.33. The number of halogens is 1. The van der Waals surface area contributed by atoms with Gasteiger partial charge in [-0.2, -0.15) is 0 Å². The molecule has 0 radical (unpaired) electrons. The van der Waals surface area contributed by atoms with Gasteiger partial charge in [0, 0.05) is 31.2 Å². The summed E-state index contributed by atoms with van der Waals surface area (Å²) in [5, 5.41) is 2.97. The largest absolute Gasteiger partial charge is 0.497 e. The molecule has 2 aliphatic rings. The van der Waals surface area contributed by atoms with E-state index in [4.69, 9.17) is 16.3 Å². The van der Waals surface area contributed by atoms with Crippen molar-refractivity contribution in [1.29, 1.82) is 0 Å². The van der Waals surface area contributed by atoms with Gasteiger partial charge >= 0.3 is 0 Å². The smallest absolute Gasteiger partial charge is 0.293 e. The predicted octanol–water partition coefficient (Wildman–Crippen LogP) is 3.56. The summed E-state index contributed by atoms with van der Waals surface area (Å²) < 4.78 is 5.29. The lowest BCUT2D eigenvalue weighted by Crippen LogP contribution is -2.43. The highest BCUT2D eigenvalue weighted by atomic mass is 35.5. The Balaban J connectivity index is 1.27. The van der Waals surface area contributed by atoms with Crippen LogP contribution in [0.25, 0.3) is 6.08 Å². The van der Waals surface area contributed by atoms with E-state index in [-0.39, 0.29) is 36.7 Å². The number of imide groups is 1. The van der Waals surface area contributed by atoms with Crippen LogP contribution in [0, 0.1) is 0 Å². The number of fused-ring (bicyclic) bond motifs is 1. The number of hydrogen-bond acceptors (Lipinski definition) is 6. The van der Waals surface area contributed by atoms with Crippen molar-refractivity contribution in [2.45, 2.75) is 13.0 Å². The van der Waals surface area contributed by atoms with Crippen molar-refractivity contribution in [2.75, 3.05) is 33.3 Å². The third kappa shape index (κ3) is 5.58. The number of nitrogens with zero attached hydrogens (tertiary/aromatic N) is 2. The standard InChI is InChI=1S/C24H24ClN3O4S/c1-32-19-7-6-16-8-10-27(14-18(16)12-19)15-22(29)26-9-11-28-23(30)21(33-24(28)31)13-17-4-2-3-5-20(17)25/h2-7,12-13H,8-11,14-15H2,1H3,(H,26,29)/b21-13+. The van der Waals surface area contributed by atoms with Crippen LogP contribution in [-0.4, -0.2) is 60.1 Å². The molecule has 0 atom stereocenters. The first-order chi connectivity index (χ1) is 15.9. The minimum Gasteiger partial charge on any atom is -0.497 e. The summed E-state index contributed by atoms with van der Waals surface area (Å²) in [5.74, 6) is 0.293. The Hall–Kier alpha value is -2.81.